The molecule has 128 valence electrons. The van der Waals surface area contributed by atoms with Crippen molar-refractivity contribution >= 4 is 34.2 Å². The second-order valence-corrected chi connectivity index (χ2v) is 7.90. The molecule has 25 heavy (non-hydrogen) atoms. The van der Waals surface area contributed by atoms with E-state index in [1.165, 1.54) is 0 Å². The molecule has 2 aliphatic heterocycles. The number of likely N-dealkylation sites (tertiary alicyclic amines) is 1. The standard InChI is InChI=1S/C20H19IN2O2/c21-17-8-6-16(7-9-17)19(24)23-12-10-20(11-13-23)14-18(22-25-20)15-4-2-1-3-5-15/h1-9H,10-14H2. The van der Waals surface area contributed by atoms with Gasteiger partial charge in [-0.15, -0.1) is 0 Å². The van der Waals surface area contributed by atoms with Crippen LogP contribution in [-0.4, -0.2) is 35.2 Å². The largest absolute Gasteiger partial charge is 0.388 e. The number of oxime groups is 1. The van der Waals surface area contributed by atoms with E-state index in [-0.39, 0.29) is 11.5 Å². The number of rotatable bonds is 2. The van der Waals surface area contributed by atoms with Crippen LogP contribution in [0, 0.1) is 3.57 Å². The van der Waals surface area contributed by atoms with Gasteiger partial charge in [-0.25, -0.2) is 0 Å². The molecular weight excluding hydrogens is 427 g/mol. The Kier molecular flexibility index (Phi) is 4.50. The highest BCUT2D eigenvalue weighted by Crippen LogP contribution is 2.36. The summed E-state index contributed by atoms with van der Waals surface area (Å²) in [6.45, 7) is 1.42. The first kappa shape index (κ1) is 16.6. The van der Waals surface area contributed by atoms with Crippen molar-refractivity contribution in [2.75, 3.05) is 13.1 Å². The average molecular weight is 446 g/mol. The van der Waals surface area contributed by atoms with E-state index in [1.807, 2.05) is 47.4 Å². The summed E-state index contributed by atoms with van der Waals surface area (Å²) in [5.74, 6) is 0.105. The third-order valence-corrected chi connectivity index (χ3v) is 5.72. The lowest BCUT2D eigenvalue weighted by Gasteiger charge is -2.37. The van der Waals surface area contributed by atoms with E-state index >= 15 is 0 Å². The van der Waals surface area contributed by atoms with Crippen LogP contribution in [0.25, 0.3) is 0 Å². The number of piperidine rings is 1. The van der Waals surface area contributed by atoms with E-state index in [0.717, 1.165) is 39.7 Å². The minimum atomic E-state index is -0.242. The van der Waals surface area contributed by atoms with Crippen molar-refractivity contribution in [3.63, 3.8) is 0 Å². The van der Waals surface area contributed by atoms with Gasteiger partial charge in [0.15, 0.2) is 0 Å². The monoisotopic (exact) mass is 446 g/mol. The molecule has 4 rings (SSSR count). The van der Waals surface area contributed by atoms with Crippen molar-refractivity contribution < 1.29 is 9.63 Å². The van der Waals surface area contributed by atoms with Crippen molar-refractivity contribution in [2.24, 2.45) is 5.16 Å². The molecule has 4 nitrogen and oxygen atoms in total. The quantitative estimate of drug-likeness (QED) is 0.653. The Balaban J connectivity index is 1.39. The predicted octanol–water partition coefficient (Wildman–Crippen LogP) is 4.09. The van der Waals surface area contributed by atoms with Gasteiger partial charge in [0.05, 0.1) is 5.71 Å². The fourth-order valence-electron chi connectivity index (χ4n) is 3.47. The average Bonchev–Trinajstić information content (AvgIpc) is 3.07. The van der Waals surface area contributed by atoms with Gasteiger partial charge in [-0.3, -0.25) is 4.79 Å². The Hall–Kier alpha value is -1.89. The van der Waals surface area contributed by atoms with E-state index < -0.39 is 0 Å². The number of benzene rings is 2. The van der Waals surface area contributed by atoms with Crippen LogP contribution in [0.1, 0.15) is 35.2 Å². The molecule has 2 aliphatic rings. The van der Waals surface area contributed by atoms with Gasteiger partial charge in [0.25, 0.3) is 5.91 Å². The highest BCUT2D eigenvalue weighted by molar-refractivity contribution is 14.1. The minimum absolute atomic E-state index is 0.105. The number of carbonyl (C=O) groups excluding carboxylic acids is 1. The van der Waals surface area contributed by atoms with Crippen molar-refractivity contribution in [2.45, 2.75) is 24.9 Å². The van der Waals surface area contributed by atoms with Crippen LogP contribution < -0.4 is 0 Å². The number of carbonyl (C=O) groups is 1. The maximum atomic E-state index is 12.7. The summed E-state index contributed by atoms with van der Waals surface area (Å²) in [6.07, 6.45) is 2.47. The normalized spacial score (nSPS) is 18.8. The molecule has 0 aliphatic carbocycles. The molecule has 0 saturated carbocycles. The van der Waals surface area contributed by atoms with Gasteiger partial charge in [-0.2, -0.15) is 0 Å². The summed E-state index contributed by atoms with van der Waals surface area (Å²) in [4.78, 5) is 20.4. The Morgan fingerprint density at radius 1 is 1.04 bits per heavy atom. The first-order valence-electron chi connectivity index (χ1n) is 8.51. The van der Waals surface area contributed by atoms with Crippen molar-refractivity contribution in [1.29, 1.82) is 0 Å². The Morgan fingerprint density at radius 2 is 1.72 bits per heavy atom. The van der Waals surface area contributed by atoms with Gasteiger partial charge in [0.1, 0.15) is 5.60 Å². The molecule has 2 heterocycles. The molecule has 0 radical (unpaired) electrons. The van der Waals surface area contributed by atoms with Crippen LogP contribution in [0.5, 0.6) is 0 Å². The maximum absolute atomic E-state index is 12.7. The molecule has 0 N–H and O–H groups in total. The van der Waals surface area contributed by atoms with E-state index in [2.05, 4.69) is 39.9 Å². The van der Waals surface area contributed by atoms with Gasteiger partial charge in [-0.05, 0) is 52.4 Å². The molecule has 1 spiro atoms. The first-order chi connectivity index (χ1) is 12.2. The fourth-order valence-corrected chi connectivity index (χ4v) is 3.83. The molecule has 1 fully saturated rings. The first-order valence-corrected chi connectivity index (χ1v) is 9.58. The minimum Gasteiger partial charge on any atom is -0.388 e. The van der Waals surface area contributed by atoms with Gasteiger partial charge in [0, 0.05) is 41.5 Å². The van der Waals surface area contributed by atoms with E-state index in [1.54, 1.807) is 0 Å². The third kappa shape index (κ3) is 3.42. The molecule has 2 aromatic carbocycles. The zero-order chi connectivity index (χ0) is 17.3. The van der Waals surface area contributed by atoms with Gasteiger partial charge < -0.3 is 9.74 Å². The molecule has 0 atom stereocenters. The lowest BCUT2D eigenvalue weighted by Crippen LogP contribution is -2.46. The highest BCUT2D eigenvalue weighted by atomic mass is 127. The van der Waals surface area contributed by atoms with Crippen molar-refractivity contribution in [3.05, 3.63) is 69.3 Å². The summed E-state index contributed by atoms with van der Waals surface area (Å²) in [6, 6.07) is 17.9. The number of hydrogen-bond acceptors (Lipinski definition) is 3. The van der Waals surface area contributed by atoms with Gasteiger partial charge >= 0.3 is 0 Å². The van der Waals surface area contributed by atoms with Gasteiger partial charge in [0.2, 0.25) is 0 Å². The molecule has 0 aromatic heterocycles. The molecule has 1 saturated heterocycles. The second-order valence-electron chi connectivity index (χ2n) is 6.65. The zero-order valence-electron chi connectivity index (χ0n) is 13.8. The Labute approximate surface area is 161 Å². The molecule has 0 unspecified atom stereocenters. The number of hydrogen-bond donors (Lipinski definition) is 0. The number of halogens is 1. The summed E-state index contributed by atoms with van der Waals surface area (Å²) < 4.78 is 1.14. The Morgan fingerprint density at radius 3 is 2.40 bits per heavy atom. The fraction of sp³-hybridized carbons (Fsp3) is 0.300. The van der Waals surface area contributed by atoms with Crippen LogP contribution in [0.4, 0.5) is 0 Å². The van der Waals surface area contributed by atoms with Crippen LogP contribution in [0.15, 0.2) is 59.8 Å². The van der Waals surface area contributed by atoms with Gasteiger partial charge in [-0.1, -0.05) is 35.5 Å². The summed E-state index contributed by atoms with van der Waals surface area (Å²) >= 11 is 2.25. The highest BCUT2D eigenvalue weighted by Gasteiger charge is 2.43. The Bertz CT molecular complexity index is 794. The SMILES string of the molecule is O=C(c1ccc(I)cc1)N1CCC2(CC1)CC(c1ccccc1)=NO2. The van der Waals surface area contributed by atoms with Crippen LogP contribution in [-0.2, 0) is 4.84 Å². The smallest absolute Gasteiger partial charge is 0.253 e. The maximum Gasteiger partial charge on any atom is 0.253 e. The summed E-state index contributed by atoms with van der Waals surface area (Å²) in [5, 5.41) is 4.33. The summed E-state index contributed by atoms with van der Waals surface area (Å²) in [7, 11) is 0. The molecule has 0 bridgehead atoms. The van der Waals surface area contributed by atoms with Crippen LogP contribution in [0.2, 0.25) is 0 Å². The molecule has 5 heteroatoms. The van der Waals surface area contributed by atoms with E-state index in [0.29, 0.717) is 13.1 Å². The van der Waals surface area contributed by atoms with Crippen molar-refractivity contribution in [1.82, 2.24) is 4.90 Å². The second kappa shape index (κ2) is 6.78. The lowest BCUT2D eigenvalue weighted by atomic mass is 9.85. The predicted molar refractivity (Wildman–Crippen MR) is 106 cm³/mol. The summed E-state index contributed by atoms with van der Waals surface area (Å²) in [5.41, 5.74) is 2.65. The number of amides is 1. The topological polar surface area (TPSA) is 41.9 Å². The molecule has 1 amide bonds. The lowest BCUT2D eigenvalue weighted by molar-refractivity contribution is -0.0568. The zero-order valence-corrected chi connectivity index (χ0v) is 16.0. The molecule has 2 aromatic rings. The number of nitrogens with zero attached hydrogens (tertiary/aromatic N) is 2. The van der Waals surface area contributed by atoms with Crippen LogP contribution >= 0.6 is 22.6 Å². The van der Waals surface area contributed by atoms with E-state index in [9.17, 15) is 4.79 Å². The van der Waals surface area contributed by atoms with Crippen LogP contribution in [0.3, 0.4) is 0 Å². The molecular formula is C20H19IN2O2. The van der Waals surface area contributed by atoms with Crippen molar-refractivity contribution in [3.8, 4) is 0 Å². The van der Waals surface area contributed by atoms with E-state index in [4.69, 9.17) is 4.84 Å². The third-order valence-electron chi connectivity index (χ3n) is 5.00.